The molecule has 1 fully saturated rings. The highest BCUT2D eigenvalue weighted by Crippen LogP contribution is 2.36. The van der Waals surface area contributed by atoms with Gasteiger partial charge in [0.1, 0.15) is 17.4 Å². The molecule has 1 aromatic heterocycles. The van der Waals surface area contributed by atoms with Crippen molar-refractivity contribution in [2.45, 2.75) is 26.2 Å². The van der Waals surface area contributed by atoms with Crippen LogP contribution in [0.1, 0.15) is 31.7 Å². The molecule has 1 aliphatic rings. The molecule has 5 heteroatoms. The zero-order valence-corrected chi connectivity index (χ0v) is 12.2. The number of nitriles is 1. The Morgan fingerprint density at radius 3 is 2.90 bits per heavy atom. The normalized spacial score (nSPS) is 14.8. The van der Waals surface area contributed by atoms with Crippen LogP contribution in [0.5, 0.6) is 10.9 Å². The highest BCUT2D eigenvalue weighted by Gasteiger charge is 2.20. The molecule has 4 nitrogen and oxygen atoms in total. The summed E-state index contributed by atoms with van der Waals surface area (Å²) in [6, 6.07) is 5.98. The molecule has 20 heavy (non-hydrogen) atoms. The second-order valence-electron chi connectivity index (χ2n) is 4.92. The first-order chi connectivity index (χ1) is 9.81. The fourth-order valence-corrected chi connectivity index (χ4v) is 3.19. The van der Waals surface area contributed by atoms with Crippen molar-refractivity contribution in [2.24, 2.45) is 5.92 Å². The number of rotatable bonds is 5. The highest BCUT2D eigenvalue weighted by molar-refractivity contribution is 7.20. The third-order valence-corrected chi connectivity index (χ3v) is 4.58. The second kappa shape index (κ2) is 5.68. The van der Waals surface area contributed by atoms with Gasteiger partial charge in [0, 0.05) is 0 Å². The minimum atomic E-state index is 0.574. The Bertz CT molecular complexity index is 656. The van der Waals surface area contributed by atoms with Crippen molar-refractivity contribution < 1.29 is 9.47 Å². The molecule has 104 valence electrons. The van der Waals surface area contributed by atoms with E-state index in [9.17, 15) is 5.26 Å². The van der Waals surface area contributed by atoms with Crippen LogP contribution in [0.4, 0.5) is 0 Å². The molecule has 2 aromatic rings. The van der Waals surface area contributed by atoms with Crippen LogP contribution in [0.15, 0.2) is 12.1 Å². The van der Waals surface area contributed by atoms with Crippen LogP contribution in [0.3, 0.4) is 0 Å². The van der Waals surface area contributed by atoms with Gasteiger partial charge in [-0.25, -0.2) is 4.98 Å². The van der Waals surface area contributed by atoms with E-state index in [1.54, 1.807) is 0 Å². The fraction of sp³-hybridized carbons (Fsp3) is 0.467. The molecule has 1 saturated carbocycles. The first kappa shape index (κ1) is 13.2. The van der Waals surface area contributed by atoms with Gasteiger partial charge in [0.15, 0.2) is 0 Å². The molecule has 0 bridgehead atoms. The third-order valence-electron chi connectivity index (χ3n) is 3.58. The van der Waals surface area contributed by atoms with E-state index in [2.05, 4.69) is 11.1 Å². The molecule has 0 amide bonds. The Labute approximate surface area is 122 Å². The molecule has 3 rings (SSSR count). The topological polar surface area (TPSA) is 55.1 Å². The van der Waals surface area contributed by atoms with Crippen LogP contribution < -0.4 is 9.47 Å². The predicted molar refractivity (Wildman–Crippen MR) is 78.3 cm³/mol. The van der Waals surface area contributed by atoms with E-state index >= 15 is 0 Å². The van der Waals surface area contributed by atoms with Gasteiger partial charge in [-0.15, -0.1) is 0 Å². The Balaban J connectivity index is 1.89. The van der Waals surface area contributed by atoms with Crippen molar-refractivity contribution in [2.75, 3.05) is 13.2 Å². The second-order valence-corrected chi connectivity index (χ2v) is 5.88. The molecule has 0 atom stereocenters. The molecule has 1 aliphatic carbocycles. The van der Waals surface area contributed by atoms with Gasteiger partial charge in [-0.05, 0) is 37.8 Å². The van der Waals surface area contributed by atoms with Crippen molar-refractivity contribution in [3.8, 4) is 17.0 Å². The fourth-order valence-electron chi connectivity index (χ4n) is 2.23. The number of aromatic nitrogens is 1. The zero-order valence-electron chi connectivity index (χ0n) is 11.4. The van der Waals surface area contributed by atoms with Crippen molar-refractivity contribution in [3.05, 3.63) is 17.7 Å². The van der Waals surface area contributed by atoms with Crippen LogP contribution >= 0.6 is 11.3 Å². The summed E-state index contributed by atoms with van der Waals surface area (Å²) in [5.41, 5.74) is 1.37. The molecule has 0 radical (unpaired) electrons. The number of ether oxygens (including phenoxy) is 2. The molecule has 0 saturated heterocycles. The van der Waals surface area contributed by atoms with Crippen molar-refractivity contribution in [1.29, 1.82) is 5.26 Å². The molecular formula is C15H16N2O2S. The predicted octanol–water partition coefficient (Wildman–Crippen LogP) is 3.75. The van der Waals surface area contributed by atoms with Crippen LogP contribution in [-0.4, -0.2) is 18.2 Å². The Kier molecular flexibility index (Phi) is 3.75. The van der Waals surface area contributed by atoms with Gasteiger partial charge in [-0.3, -0.25) is 0 Å². The number of benzene rings is 1. The lowest BCUT2D eigenvalue weighted by Crippen LogP contribution is -2.19. The number of hydrogen-bond acceptors (Lipinski definition) is 5. The van der Waals surface area contributed by atoms with E-state index in [0.29, 0.717) is 35.6 Å². The Morgan fingerprint density at radius 1 is 1.40 bits per heavy atom. The number of hydrogen-bond donors (Lipinski definition) is 0. The van der Waals surface area contributed by atoms with Gasteiger partial charge in [-0.1, -0.05) is 17.8 Å². The Hall–Kier alpha value is -1.80. The summed E-state index contributed by atoms with van der Waals surface area (Å²) in [5, 5.41) is 10.0. The van der Waals surface area contributed by atoms with Gasteiger partial charge in [0.05, 0.1) is 23.4 Å². The first-order valence-electron chi connectivity index (χ1n) is 6.91. The summed E-state index contributed by atoms with van der Waals surface area (Å²) in [7, 11) is 0. The average Bonchev–Trinajstić information content (AvgIpc) is 2.79. The van der Waals surface area contributed by atoms with Gasteiger partial charge < -0.3 is 9.47 Å². The molecule has 0 N–H and O–H groups in total. The SMILES string of the molecule is CCOc1nc2ccc(OCC3CCC3)c(C#N)c2s1. The molecule has 1 aromatic carbocycles. The van der Waals surface area contributed by atoms with Gasteiger partial charge in [-0.2, -0.15) is 5.26 Å². The summed E-state index contributed by atoms with van der Waals surface area (Å²) < 4.78 is 12.1. The average molecular weight is 288 g/mol. The van der Waals surface area contributed by atoms with Crippen molar-refractivity contribution in [3.63, 3.8) is 0 Å². The van der Waals surface area contributed by atoms with Crippen LogP contribution in [0.2, 0.25) is 0 Å². The quantitative estimate of drug-likeness (QED) is 0.841. The lowest BCUT2D eigenvalue weighted by Gasteiger charge is -2.25. The number of fused-ring (bicyclic) bond motifs is 1. The molecular weight excluding hydrogens is 272 g/mol. The van der Waals surface area contributed by atoms with E-state index in [-0.39, 0.29) is 0 Å². The summed E-state index contributed by atoms with van der Waals surface area (Å²) in [6.07, 6.45) is 3.77. The first-order valence-corrected chi connectivity index (χ1v) is 7.72. The summed E-state index contributed by atoms with van der Waals surface area (Å²) >= 11 is 1.41. The van der Waals surface area contributed by atoms with Gasteiger partial charge in [0.2, 0.25) is 0 Å². The standard InChI is InChI=1S/C15H16N2O2S/c1-2-18-15-17-12-6-7-13(11(8-16)14(12)20-15)19-9-10-4-3-5-10/h6-7,10H,2-5,9H2,1H3. The minimum absolute atomic E-state index is 0.574. The van der Waals surface area contributed by atoms with E-state index in [4.69, 9.17) is 9.47 Å². The number of nitrogens with zero attached hydrogens (tertiary/aromatic N) is 2. The molecule has 0 aliphatic heterocycles. The number of thiazole rings is 1. The summed E-state index contributed by atoms with van der Waals surface area (Å²) in [4.78, 5) is 4.36. The van der Waals surface area contributed by atoms with Gasteiger partial charge in [0.25, 0.3) is 5.19 Å². The van der Waals surface area contributed by atoms with Crippen molar-refractivity contribution in [1.82, 2.24) is 4.98 Å². The molecule has 0 unspecified atom stereocenters. The van der Waals surface area contributed by atoms with E-state index in [1.165, 1.54) is 30.6 Å². The lowest BCUT2D eigenvalue weighted by atomic mass is 9.86. The van der Waals surface area contributed by atoms with Crippen LogP contribution in [0.25, 0.3) is 10.2 Å². The van der Waals surface area contributed by atoms with E-state index in [1.807, 2.05) is 19.1 Å². The van der Waals surface area contributed by atoms with Crippen LogP contribution in [-0.2, 0) is 0 Å². The summed E-state index contributed by atoms with van der Waals surface area (Å²) in [6.45, 7) is 3.20. The van der Waals surface area contributed by atoms with Crippen LogP contribution in [0, 0.1) is 17.2 Å². The third kappa shape index (κ3) is 2.44. The van der Waals surface area contributed by atoms with E-state index < -0.39 is 0 Å². The lowest BCUT2D eigenvalue weighted by molar-refractivity contribution is 0.180. The Morgan fingerprint density at radius 2 is 2.25 bits per heavy atom. The maximum Gasteiger partial charge on any atom is 0.274 e. The largest absolute Gasteiger partial charge is 0.492 e. The molecule has 1 heterocycles. The van der Waals surface area contributed by atoms with Gasteiger partial charge >= 0.3 is 0 Å². The van der Waals surface area contributed by atoms with Crippen molar-refractivity contribution >= 4 is 21.6 Å². The monoisotopic (exact) mass is 288 g/mol. The maximum atomic E-state index is 9.40. The smallest absolute Gasteiger partial charge is 0.274 e. The molecule has 0 spiro atoms. The maximum absolute atomic E-state index is 9.40. The zero-order chi connectivity index (χ0) is 13.9. The highest BCUT2D eigenvalue weighted by atomic mass is 32.1. The summed E-state index contributed by atoms with van der Waals surface area (Å²) in [5.74, 6) is 1.32. The minimum Gasteiger partial charge on any atom is -0.492 e. The van der Waals surface area contributed by atoms with E-state index in [0.717, 1.165) is 10.2 Å².